The van der Waals surface area contributed by atoms with Gasteiger partial charge in [-0.1, -0.05) is 24.3 Å². The number of phenols is 2. The zero-order valence-electron chi connectivity index (χ0n) is 27.2. The normalized spacial score (nSPS) is 12.3. The summed E-state index contributed by atoms with van der Waals surface area (Å²) in [6, 6.07) is 26.3. The van der Waals surface area contributed by atoms with E-state index in [0.29, 0.717) is 11.4 Å². The number of nitrogen functional groups attached to an aromatic ring is 1. The molecule has 20 heteroatoms. The second-order valence-electron chi connectivity index (χ2n) is 11.3. The molecular weight excluding hydrogens is 745 g/mol. The molecule has 0 heterocycles. The Balaban J connectivity index is 1.34. The number of hydrogen-bond donors (Lipinski definition) is 6. The highest BCUT2D eigenvalue weighted by molar-refractivity contribution is 7.86. The predicted octanol–water partition coefficient (Wildman–Crippen LogP) is 9.04. The van der Waals surface area contributed by atoms with Crippen LogP contribution in [0.15, 0.2) is 150 Å². The van der Waals surface area contributed by atoms with Crippen LogP contribution < -0.4 is 5.73 Å². The van der Waals surface area contributed by atoms with Crippen molar-refractivity contribution in [2.75, 3.05) is 5.73 Å². The monoisotopic (exact) mass is 769 g/mol. The molecule has 0 aliphatic rings. The molecule has 0 saturated carbocycles. The van der Waals surface area contributed by atoms with Gasteiger partial charge in [-0.2, -0.15) is 37.3 Å². The highest BCUT2D eigenvalue weighted by atomic mass is 32.2. The molecule has 6 aromatic rings. The van der Waals surface area contributed by atoms with Gasteiger partial charge in [0.15, 0.2) is 5.75 Å². The number of hydrogen-bond acceptors (Lipinski definition) is 14. The van der Waals surface area contributed by atoms with Gasteiger partial charge in [0.2, 0.25) is 0 Å². The summed E-state index contributed by atoms with van der Waals surface area (Å²) in [5, 5.41) is 52.9. The first-order chi connectivity index (χ1) is 25.6. The van der Waals surface area contributed by atoms with Crippen LogP contribution in [0.1, 0.15) is 0 Å². The molecular formula is C34H25N8O10S2+. The molecule has 6 aromatic carbocycles. The number of rotatable bonds is 10. The van der Waals surface area contributed by atoms with E-state index in [1.54, 1.807) is 48.5 Å². The first-order valence-corrected chi connectivity index (χ1v) is 18.0. The van der Waals surface area contributed by atoms with E-state index in [-0.39, 0.29) is 33.6 Å². The summed E-state index contributed by atoms with van der Waals surface area (Å²) in [5.41, 5.74) is 7.10. The van der Waals surface area contributed by atoms with E-state index in [0.717, 1.165) is 23.3 Å². The quantitative estimate of drug-likeness (QED) is 0.0330. The van der Waals surface area contributed by atoms with E-state index < -0.39 is 57.8 Å². The summed E-state index contributed by atoms with van der Waals surface area (Å²) in [7, 11) is -10.2. The minimum Gasteiger partial charge on any atom is -0.508 e. The van der Waals surface area contributed by atoms with Gasteiger partial charge in [-0.25, -0.2) is 5.21 Å². The van der Waals surface area contributed by atoms with Crippen LogP contribution in [-0.2, 0) is 20.2 Å². The number of nitrogens with zero attached hydrogens (tertiary/aromatic N) is 7. The van der Waals surface area contributed by atoms with Crippen molar-refractivity contribution in [3.63, 3.8) is 0 Å². The summed E-state index contributed by atoms with van der Waals surface area (Å²) < 4.78 is 69.5. The smallest absolute Gasteiger partial charge is 0.316 e. The standard InChI is InChI=1S/C34H24N8O10S2/c35-31-30-21(17-28(53(47,48)49)32(31)40-38-24-9-13-26(14-10-24)42(45)46)18-29(54(50,51)52)33(34(30)44)41-39-23-7-3-20(4-8-23)19-1-5-22(6-2-19)36-37-25-11-15-27(43)16-12-25/h1-18H,(H6-,35,36,37,38,39,40,41,43,44,45,46,47,48,49,50,51,52)/p+1. The lowest BCUT2D eigenvalue weighted by Gasteiger charge is -2.14. The molecule has 7 N–H and O–H groups in total. The molecule has 0 aliphatic carbocycles. The zero-order valence-corrected chi connectivity index (χ0v) is 28.8. The van der Waals surface area contributed by atoms with Gasteiger partial charge in [-0.05, 0) is 89.3 Å². The van der Waals surface area contributed by atoms with E-state index in [9.17, 15) is 41.1 Å². The molecule has 0 fully saturated rings. The van der Waals surface area contributed by atoms with Crippen LogP contribution in [0, 0.1) is 4.91 Å². The Morgan fingerprint density at radius 2 is 0.907 bits per heavy atom. The van der Waals surface area contributed by atoms with Crippen molar-refractivity contribution in [2.24, 2.45) is 30.7 Å². The van der Waals surface area contributed by atoms with Gasteiger partial charge in [-0.3, -0.25) is 9.11 Å². The second kappa shape index (κ2) is 14.6. The summed E-state index contributed by atoms with van der Waals surface area (Å²) >= 11 is 0. The minimum absolute atomic E-state index is 0.0540. The van der Waals surface area contributed by atoms with Crippen molar-refractivity contribution < 1.29 is 46.3 Å². The first kappa shape index (κ1) is 36.8. The largest absolute Gasteiger partial charge is 0.508 e. The third-order valence-electron chi connectivity index (χ3n) is 7.67. The van der Waals surface area contributed by atoms with E-state index in [4.69, 9.17) is 10.9 Å². The van der Waals surface area contributed by atoms with Crippen molar-refractivity contribution in [3.8, 4) is 22.6 Å². The fraction of sp³-hybridized carbons (Fsp3) is 0. The molecule has 0 spiro atoms. The number of aromatic hydroxyl groups is 2. The van der Waals surface area contributed by atoms with Crippen LogP contribution >= 0.6 is 0 Å². The highest BCUT2D eigenvalue weighted by Gasteiger charge is 2.28. The third kappa shape index (κ3) is 8.05. The molecule has 0 saturated heterocycles. The summed E-state index contributed by atoms with van der Waals surface area (Å²) in [6.07, 6.45) is 0. The molecule has 0 aliphatic heterocycles. The number of anilines is 1. The Kier molecular flexibility index (Phi) is 9.91. The molecule has 54 heavy (non-hydrogen) atoms. The van der Waals surface area contributed by atoms with Crippen molar-refractivity contribution >= 4 is 76.5 Å². The summed E-state index contributed by atoms with van der Waals surface area (Å²) in [6.45, 7) is 0. The summed E-state index contributed by atoms with van der Waals surface area (Å²) in [4.78, 5) is 8.80. The lowest BCUT2D eigenvalue weighted by Crippen LogP contribution is -2.03. The van der Waals surface area contributed by atoms with Crippen LogP contribution in [-0.4, -0.2) is 46.3 Å². The van der Waals surface area contributed by atoms with Crippen molar-refractivity contribution in [3.05, 3.63) is 114 Å². The fourth-order valence-corrected chi connectivity index (χ4v) is 6.37. The van der Waals surface area contributed by atoms with Crippen LogP contribution in [0.4, 0.5) is 45.5 Å². The molecule has 272 valence electrons. The first-order valence-electron chi connectivity index (χ1n) is 15.2. The van der Waals surface area contributed by atoms with E-state index >= 15 is 0 Å². The Morgan fingerprint density at radius 1 is 0.537 bits per heavy atom. The van der Waals surface area contributed by atoms with Gasteiger partial charge in [0, 0.05) is 12.1 Å². The van der Waals surface area contributed by atoms with Crippen LogP contribution in [0.5, 0.6) is 11.5 Å². The Labute approximate surface area is 305 Å². The fourth-order valence-electron chi connectivity index (χ4n) is 5.04. The van der Waals surface area contributed by atoms with Gasteiger partial charge in [0.05, 0.1) is 38.7 Å². The van der Waals surface area contributed by atoms with Gasteiger partial charge in [0.25, 0.3) is 25.2 Å². The van der Waals surface area contributed by atoms with Crippen LogP contribution in [0.3, 0.4) is 0 Å². The molecule has 0 atom stereocenters. The molecule has 0 amide bonds. The van der Waals surface area contributed by atoms with Gasteiger partial charge in [0.1, 0.15) is 26.9 Å². The Morgan fingerprint density at radius 3 is 1.33 bits per heavy atom. The lowest BCUT2D eigenvalue weighted by molar-refractivity contribution is -0.729. The van der Waals surface area contributed by atoms with E-state index in [2.05, 4.69) is 30.7 Å². The maximum atomic E-state index is 12.4. The minimum atomic E-state index is -5.12. The molecule has 0 bridgehead atoms. The van der Waals surface area contributed by atoms with Crippen molar-refractivity contribution in [1.82, 2.24) is 0 Å². The SMILES string of the molecule is Nc1c(/N=N/c2ccc([N+](=O)O)cc2)c(S(=O)(=O)O)cc2cc(S(=O)(=O)O)c(/N=N/c3ccc(-c4ccc(/N=N/c5ccc(O)cc5)cc4)cc3)c(O)c12. The molecule has 0 unspecified atom stereocenters. The maximum Gasteiger partial charge on any atom is 0.316 e. The zero-order chi connectivity index (χ0) is 38.8. The van der Waals surface area contributed by atoms with E-state index in [1.165, 1.54) is 36.4 Å². The Hall–Kier alpha value is -7.00. The van der Waals surface area contributed by atoms with Gasteiger partial charge in [-0.15, -0.1) is 10.2 Å². The van der Waals surface area contributed by atoms with Gasteiger partial charge >= 0.3 is 5.69 Å². The maximum absolute atomic E-state index is 12.4. The van der Waals surface area contributed by atoms with E-state index in [1.807, 2.05) is 12.1 Å². The van der Waals surface area contributed by atoms with Crippen molar-refractivity contribution in [2.45, 2.75) is 9.79 Å². The average molecular weight is 770 g/mol. The highest BCUT2D eigenvalue weighted by Crippen LogP contribution is 2.48. The Bertz CT molecular complexity index is 2740. The summed E-state index contributed by atoms with van der Waals surface area (Å²) in [5.74, 6) is -0.813. The van der Waals surface area contributed by atoms with Gasteiger partial charge < -0.3 is 15.9 Å². The third-order valence-corrected chi connectivity index (χ3v) is 9.40. The van der Waals surface area contributed by atoms with Crippen LogP contribution in [0.2, 0.25) is 0 Å². The number of azo groups is 3. The second-order valence-corrected chi connectivity index (χ2v) is 14.0. The number of nitrogens with two attached hydrogens (primary N) is 1. The predicted molar refractivity (Wildman–Crippen MR) is 194 cm³/mol. The van der Waals surface area contributed by atoms with Crippen molar-refractivity contribution in [1.29, 1.82) is 0 Å². The van der Waals surface area contributed by atoms with Crippen LogP contribution in [0.25, 0.3) is 21.9 Å². The molecule has 18 nitrogen and oxygen atoms in total. The number of benzene rings is 6. The molecule has 6 rings (SSSR count). The molecule has 0 aromatic heterocycles. The average Bonchev–Trinajstić information content (AvgIpc) is 3.13. The number of fused-ring (bicyclic) bond motifs is 1. The lowest BCUT2D eigenvalue weighted by atomic mass is 10.0. The number of phenolic OH excluding ortho intramolecular Hbond substituents is 2. The molecule has 0 radical (unpaired) electrons. The topological polar surface area (TPSA) is 290 Å².